The molecule has 0 atom stereocenters. The van der Waals surface area contributed by atoms with Gasteiger partial charge in [-0.3, -0.25) is 0 Å². The first-order valence-corrected chi connectivity index (χ1v) is 10.6. The van der Waals surface area contributed by atoms with Crippen molar-refractivity contribution < 1.29 is 9.53 Å². The van der Waals surface area contributed by atoms with Crippen molar-refractivity contribution in [3.8, 4) is 23.3 Å². The first-order valence-electron chi connectivity index (χ1n) is 10.3. The Labute approximate surface area is 192 Å². The van der Waals surface area contributed by atoms with Crippen LogP contribution in [-0.4, -0.2) is 22.1 Å². The molecule has 0 spiro atoms. The summed E-state index contributed by atoms with van der Waals surface area (Å²) < 4.78 is 7.16. The Hall–Kier alpha value is -3.61. The van der Waals surface area contributed by atoms with Crippen LogP contribution in [0.1, 0.15) is 65.1 Å². The lowest BCUT2D eigenvalue weighted by Crippen LogP contribution is -2.11. The van der Waals surface area contributed by atoms with E-state index in [1.807, 2.05) is 32.9 Å². The summed E-state index contributed by atoms with van der Waals surface area (Å²) in [6.45, 7) is 8.44. The fourth-order valence-corrected chi connectivity index (χ4v) is 4.03. The van der Waals surface area contributed by atoms with Crippen molar-refractivity contribution in [1.29, 1.82) is 10.5 Å². The van der Waals surface area contributed by atoms with Gasteiger partial charge in [0.2, 0.25) is 0 Å². The molecule has 0 N–H and O–H groups in total. The molecule has 0 unspecified atom stereocenters. The normalized spacial score (nSPS) is 10.6. The van der Waals surface area contributed by atoms with Gasteiger partial charge in [-0.05, 0) is 49.1 Å². The van der Waals surface area contributed by atoms with Gasteiger partial charge < -0.3 is 9.30 Å². The van der Waals surface area contributed by atoms with Crippen molar-refractivity contribution in [2.75, 3.05) is 6.61 Å². The van der Waals surface area contributed by atoms with Gasteiger partial charge in [0.05, 0.1) is 29.4 Å². The van der Waals surface area contributed by atoms with E-state index in [4.69, 9.17) is 21.6 Å². The Morgan fingerprint density at radius 3 is 2.47 bits per heavy atom. The van der Waals surface area contributed by atoms with E-state index in [0.717, 1.165) is 28.1 Å². The number of pyridine rings is 1. The lowest BCUT2D eigenvalue weighted by atomic mass is 9.97. The zero-order valence-electron chi connectivity index (χ0n) is 18.4. The molecule has 2 heterocycles. The molecule has 0 amide bonds. The second-order valence-electron chi connectivity index (χ2n) is 7.66. The van der Waals surface area contributed by atoms with Crippen molar-refractivity contribution in [2.24, 2.45) is 0 Å². The monoisotopic (exact) mass is 446 g/mol. The molecule has 0 aliphatic carbocycles. The van der Waals surface area contributed by atoms with Crippen LogP contribution in [0.5, 0.6) is 0 Å². The number of halogens is 1. The van der Waals surface area contributed by atoms with Crippen LogP contribution >= 0.6 is 11.6 Å². The second kappa shape index (κ2) is 9.68. The van der Waals surface area contributed by atoms with Gasteiger partial charge in [-0.2, -0.15) is 10.5 Å². The molecule has 0 radical (unpaired) electrons. The van der Waals surface area contributed by atoms with Crippen molar-refractivity contribution in [3.05, 3.63) is 75.3 Å². The maximum absolute atomic E-state index is 12.2. The molecule has 0 saturated carbocycles. The smallest absolute Gasteiger partial charge is 0.341 e. The predicted octanol–water partition coefficient (Wildman–Crippen LogP) is 5.60. The molecule has 6 nitrogen and oxygen atoms in total. The van der Waals surface area contributed by atoms with E-state index >= 15 is 0 Å². The molecule has 0 fully saturated rings. The summed E-state index contributed by atoms with van der Waals surface area (Å²) in [5.74, 6) is -0.434. The van der Waals surface area contributed by atoms with Gasteiger partial charge >= 0.3 is 5.97 Å². The van der Waals surface area contributed by atoms with Gasteiger partial charge in [0.1, 0.15) is 11.2 Å². The highest BCUT2D eigenvalue weighted by Crippen LogP contribution is 2.36. The van der Waals surface area contributed by atoms with Gasteiger partial charge in [0.25, 0.3) is 0 Å². The van der Waals surface area contributed by atoms with E-state index in [9.17, 15) is 10.1 Å². The van der Waals surface area contributed by atoms with E-state index in [1.165, 1.54) is 0 Å². The van der Waals surface area contributed by atoms with E-state index in [2.05, 4.69) is 21.7 Å². The number of benzene rings is 1. The third-order valence-electron chi connectivity index (χ3n) is 5.26. The highest BCUT2D eigenvalue weighted by Gasteiger charge is 2.24. The number of nitriles is 2. The minimum Gasteiger partial charge on any atom is -0.462 e. The molecular weight excluding hydrogens is 424 g/mol. The van der Waals surface area contributed by atoms with Crippen molar-refractivity contribution in [1.82, 2.24) is 9.55 Å². The molecule has 2 aromatic heterocycles. The molecular formula is C25H23ClN4O2. The van der Waals surface area contributed by atoms with Crippen molar-refractivity contribution in [2.45, 2.75) is 40.2 Å². The summed E-state index contributed by atoms with van der Waals surface area (Å²) in [6.07, 6.45) is 1.63. The minimum absolute atomic E-state index is 0.0836. The van der Waals surface area contributed by atoms with Crippen LogP contribution in [0.2, 0.25) is 5.15 Å². The maximum Gasteiger partial charge on any atom is 0.341 e. The number of carbonyl (C=O) groups is 1. The molecule has 0 saturated heterocycles. The van der Waals surface area contributed by atoms with Gasteiger partial charge in [-0.1, -0.05) is 37.6 Å². The Balaban J connectivity index is 2.14. The molecule has 32 heavy (non-hydrogen) atoms. The van der Waals surface area contributed by atoms with Crippen molar-refractivity contribution in [3.63, 3.8) is 0 Å². The minimum atomic E-state index is -0.517. The number of aromatic nitrogens is 2. The average Bonchev–Trinajstić information content (AvgIpc) is 3.06. The summed E-state index contributed by atoms with van der Waals surface area (Å²) >= 11 is 6.11. The van der Waals surface area contributed by atoms with Gasteiger partial charge in [0.15, 0.2) is 0 Å². The van der Waals surface area contributed by atoms with Crippen LogP contribution in [0.4, 0.5) is 0 Å². The Kier molecular flexibility index (Phi) is 6.98. The number of carbonyl (C=O) groups excluding carboxylic acids is 1. The number of ether oxygens (including phenoxy) is 1. The fraction of sp³-hybridized carbons (Fsp3) is 0.280. The summed E-state index contributed by atoms with van der Waals surface area (Å²) in [4.78, 5) is 16.4. The van der Waals surface area contributed by atoms with Gasteiger partial charge in [-0.15, -0.1) is 0 Å². The fourth-order valence-electron chi connectivity index (χ4n) is 3.85. The molecule has 3 aromatic rings. The second-order valence-corrected chi connectivity index (χ2v) is 8.02. The van der Waals surface area contributed by atoms with E-state index in [0.29, 0.717) is 17.7 Å². The largest absolute Gasteiger partial charge is 0.462 e. The maximum atomic E-state index is 12.2. The van der Waals surface area contributed by atoms with E-state index in [-0.39, 0.29) is 23.2 Å². The SMILES string of the molecule is CCOC(=O)c1cc(Cn2c(C)c(-c3ccc(C#N)cc3)c(C#N)c2C(C)C)cnc1Cl. The first kappa shape index (κ1) is 23.1. The number of hydrogen-bond acceptors (Lipinski definition) is 5. The third kappa shape index (κ3) is 4.37. The number of nitrogens with zero attached hydrogens (tertiary/aromatic N) is 4. The molecule has 3 rings (SSSR count). The summed E-state index contributed by atoms with van der Waals surface area (Å²) in [5.41, 5.74) is 5.69. The quantitative estimate of drug-likeness (QED) is 0.362. The number of hydrogen-bond donors (Lipinski definition) is 0. The molecule has 1 aromatic carbocycles. The zero-order valence-corrected chi connectivity index (χ0v) is 19.2. The standard InChI is InChI=1S/C25H23ClN4O2/c1-5-32-25(31)20-10-18(13-29-24(20)26)14-30-16(4)22(21(12-28)23(30)15(2)3)19-8-6-17(11-27)7-9-19/h6-10,13,15H,5,14H2,1-4H3. The van der Waals surface area contributed by atoms with Crippen LogP contribution in [0.3, 0.4) is 0 Å². The highest BCUT2D eigenvalue weighted by atomic mass is 35.5. The highest BCUT2D eigenvalue weighted by molar-refractivity contribution is 6.32. The Morgan fingerprint density at radius 1 is 1.22 bits per heavy atom. The summed E-state index contributed by atoms with van der Waals surface area (Å²) in [6, 6.07) is 13.4. The molecule has 0 aliphatic heterocycles. The molecule has 0 bridgehead atoms. The number of rotatable bonds is 6. The van der Waals surface area contributed by atoms with Gasteiger partial charge in [0, 0.05) is 29.7 Å². The van der Waals surface area contributed by atoms with Crippen LogP contribution < -0.4 is 0 Å². The number of esters is 1. The average molecular weight is 447 g/mol. The topological polar surface area (TPSA) is 91.7 Å². The Morgan fingerprint density at radius 2 is 1.91 bits per heavy atom. The van der Waals surface area contributed by atoms with Crippen LogP contribution in [0, 0.1) is 29.6 Å². The lowest BCUT2D eigenvalue weighted by Gasteiger charge is -2.15. The lowest BCUT2D eigenvalue weighted by molar-refractivity contribution is 0.0526. The van der Waals surface area contributed by atoms with Gasteiger partial charge in [-0.25, -0.2) is 9.78 Å². The van der Waals surface area contributed by atoms with Crippen LogP contribution in [-0.2, 0) is 11.3 Å². The molecule has 162 valence electrons. The summed E-state index contributed by atoms with van der Waals surface area (Å²) in [5, 5.41) is 19.2. The van der Waals surface area contributed by atoms with Crippen LogP contribution in [0.25, 0.3) is 11.1 Å². The molecule has 7 heteroatoms. The summed E-state index contributed by atoms with van der Waals surface area (Å²) in [7, 11) is 0. The van der Waals surface area contributed by atoms with E-state index in [1.54, 1.807) is 31.3 Å². The van der Waals surface area contributed by atoms with Crippen molar-refractivity contribution >= 4 is 17.6 Å². The predicted molar refractivity (Wildman–Crippen MR) is 122 cm³/mol. The first-order chi connectivity index (χ1) is 15.3. The van der Waals surface area contributed by atoms with Crippen LogP contribution in [0.15, 0.2) is 36.5 Å². The zero-order chi connectivity index (χ0) is 23.4. The molecule has 0 aliphatic rings. The van der Waals surface area contributed by atoms with E-state index < -0.39 is 5.97 Å². The Bertz CT molecular complexity index is 1240. The third-order valence-corrected chi connectivity index (χ3v) is 5.56.